The number of hydrogen-bond donors (Lipinski definition) is 2. The van der Waals surface area contributed by atoms with Crippen LogP contribution in [-0.4, -0.2) is 47.3 Å². The number of aliphatic hydroxyl groups is 1. The summed E-state index contributed by atoms with van der Waals surface area (Å²) in [6.45, 7) is 8.06. The van der Waals surface area contributed by atoms with Crippen LogP contribution >= 0.6 is 0 Å². The van der Waals surface area contributed by atoms with Gasteiger partial charge in [-0.25, -0.2) is 0 Å². The second-order valence-corrected chi connectivity index (χ2v) is 7.03. The summed E-state index contributed by atoms with van der Waals surface area (Å²) in [5.41, 5.74) is 0.156. The van der Waals surface area contributed by atoms with Crippen molar-refractivity contribution in [2.24, 2.45) is 5.92 Å². The van der Waals surface area contributed by atoms with Gasteiger partial charge in [0.15, 0.2) is 0 Å². The van der Waals surface area contributed by atoms with Crippen molar-refractivity contribution in [2.45, 2.75) is 70.0 Å². The van der Waals surface area contributed by atoms with Crippen LogP contribution in [0.4, 0.5) is 0 Å². The Morgan fingerprint density at radius 1 is 1.22 bits per heavy atom. The Morgan fingerprint density at radius 3 is 2.22 bits per heavy atom. The van der Waals surface area contributed by atoms with Gasteiger partial charge in [0.2, 0.25) is 0 Å². The molecule has 0 saturated heterocycles. The highest BCUT2D eigenvalue weighted by molar-refractivity contribution is 5.06. The summed E-state index contributed by atoms with van der Waals surface area (Å²) < 4.78 is 0. The molecule has 0 aliphatic heterocycles. The van der Waals surface area contributed by atoms with Gasteiger partial charge >= 0.3 is 0 Å². The molecule has 2 N–H and O–H groups in total. The van der Waals surface area contributed by atoms with Crippen molar-refractivity contribution in [1.29, 1.82) is 0 Å². The van der Waals surface area contributed by atoms with Crippen molar-refractivity contribution in [3.05, 3.63) is 0 Å². The molecule has 3 heteroatoms. The largest absolute Gasteiger partial charge is 0.394 e. The predicted octanol–water partition coefficient (Wildman–Crippen LogP) is 2.00. The molecule has 1 unspecified atom stereocenters. The van der Waals surface area contributed by atoms with Crippen LogP contribution in [0.2, 0.25) is 0 Å². The van der Waals surface area contributed by atoms with E-state index in [9.17, 15) is 5.11 Å². The lowest BCUT2D eigenvalue weighted by molar-refractivity contribution is 0.0538. The number of nitrogens with zero attached hydrogens (tertiary/aromatic N) is 1. The minimum absolute atomic E-state index is 0.0532. The molecule has 0 spiro atoms. The fraction of sp³-hybridized carbons (Fsp3) is 1.00. The average molecular weight is 254 g/mol. The molecular formula is C15H30N2O. The van der Waals surface area contributed by atoms with Crippen LogP contribution in [0, 0.1) is 5.92 Å². The molecule has 0 bridgehead atoms. The Morgan fingerprint density at radius 2 is 1.83 bits per heavy atom. The lowest BCUT2D eigenvalue weighted by Crippen LogP contribution is -2.61. The molecule has 2 rings (SSSR count). The van der Waals surface area contributed by atoms with E-state index < -0.39 is 0 Å². The molecule has 0 heterocycles. The summed E-state index contributed by atoms with van der Waals surface area (Å²) in [6.07, 6.45) is 6.27. The van der Waals surface area contributed by atoms with E-state index in [2.05, 4.69) is 38.0 Å². The van der Waals surface area contributed by atoms with Crippen LogP contribution in [0.5, 0.6) is 0 Å². The third-order valence-electron chi connectivity index (χ3n) is 5.13. The fourth-order valence-electron chi connectivity index (χ4n) is 2.69. The average Bonchev–Trinajstić information content (AvgIpc) is 3.19. The topological polar surface area (TPSA) is 35.5 Å². The summed E-state index contributed by atoms with van der Waals surface area (Å²) in [5.74, 6) is 0.679. The van der Waals surface area contributed by atoms with Gasteiger partial charge in [0.25, 0.3) is 0 Å². The summed E-state index contributed by atoms with van der Waals surface area (Å²) in [6, 6.07) is 0.663. The first-order chi connectivity index (χ1) is 8.43. The van der Waals surface area contributed by atoms with Crippen LogP contribution < -0.4 is 5.32 Å². The minimum atomic E-state index is -0.0532. The first-order valence-electron chi connectivity index (χ1n) is 7.53. The smallest absolute Gasteiger partial charge is 0.0628 e. The first kappa shape index (κ1) is 14.3. The first-order valence-corrected chi connectivity index (χ1v) is 7.53. The number of nitrogens with one attached hydrogen (secondary N) is 1. The van der Waals surface area contributed by atoms with Gasteiger partial charge in [-0.1, -0.05) is 6.92 Å². The Kier molecular flexibility index (Phi) is 4.05. The zero-order valence-corrected chi connectivity index (χ0v) is 12.5. The maximum atomic E-state index is 9.96. The van der Waals surface area contributed by atoms with Crippen molar-refractivity contribution in [1.82, 2.24) is 10.2 Å². The monoisotopic (exact) mass is 254 g/mol. The molecule has 0 aromatic heterocycles. The van der Waals surface area contributed by atoms with E-state index in [0.29, 0.717) is 12.0 Å². The second-order valence-electron chi connectivity index (χ2n) is 7.03. The summed E-state index contributed by atoms with van der Waals surface area (Å²) in [4.78, 5) is 2.43. The summed E-state index contributed by atoms with van der Waals surface area (Å²) in [5, 5.41) is 13.7. The van der Waals surface area contributed by atoms with E-state index >= 15 is 0 Å². The molecule has 2 aliphatic rings. The van der Waals surface area contributed by atoms with Gasteiger partial charge in [0.05, 0.1) is 12.1 Å². The van der Waals surface area contributed by atoms with E-state index in [-0.39, 0.29) is 17.7 Å². The second kappa shape index (κ2) is 5.10. The lowest BCUT2D eigenvalue weighted by atomic mass is 9.90. The van der Waals surface area contributed by atoms with E-state index in [1.165, 1.54) is 25.7 Å². The predicted molar refractivity (Wildman–Crippen MR) is 75.7 cm³/mol. The maximum absolute atomic E-state index is 9.96. The highest BCUT2D eigenvalue weighted by Crippen LogP contribution is 2.42. The number of aliphatic hydroxyl groups excluding tert-OH is 1. The van der Waals surface area contributed by atoms with Crippen molar-refractivity contribution >= 4 is 0 Å². The molecule has 0 radical (unpaired) electrons. The Bertz CT molecular complexity index is 284. The van der Waals surface area contributed by atoms with Gasteiger partial charge in [-0.15, -0.1) is 0 Å². The molecule has 106 valence electrons. The van der Waals surface area contributed by atoms with E-state index in [4.69, 9.17) is 0 Å². The maximum Gasteiger partial charge on any atom is 0.0628 e. The molecule has 2 saturated carbocycles. The van der Waals surface area contributed by atoms with Crippen LogP contribution in [0.25, 0.3) is 0 Å². The summed E-state index contributed by atoms with van der Waals surface area (Å²) >= 11 is 0. The van der Waals surface area contributed by atoms with Gasteiger partial charge in [0.1, 0.15) is 0 Å². The quantitative estimate of drug-likeness (QED) is 0.695. The van der Waals surface area contributed by atoms with Crippen molar-refractivity contribution < 1.29 is 5.11 Å². The van der Waals surface area contributed by atoms with Crippen molar-refractivity contribution in [3.8, 4) is 0 Å². The third-order valence-corrected chi connectivity index (χ3v) is 5.13. The molecular weight excluding hydrogens is 224 g/mol. The molecule has 0 aromatic carbocycles. The van der Waals surface area contributed by atoms with Crippen molar-refractivity contribution in [3.63, 3.8) is 0 Å². The van der Waals surface area contributed by atoms with Gasteiger partial charge in [0, 0.05) is 18.1 Å². The zero-order valence-electron chi connectivity index (χ0n) is 12.5. The SMILES string of the molecule is CCC(C)(C)N(C)CC(CO)(NC1CC1)C1CC1. The molecule has 18 heavy (non-hydrogen) atoms. The summed E-state index contributed by atoms with van der Waals surface area (Å²) in [7, 11) is 2.20. The van der Waals surface area contributed by atoms with E-state index in [1.807, 2.05) is 0 Å². The Hall–Kier alpha value is -0.120. The third kappa shape index (κ3) is 3.06. The van der Waals surface area contributed by atoms with Gasteiger partial charge in [-0.3, -0.25) is 4.90 Å². The van der Waals surface area contributed by atoms with Gasteiger partial charge < -0.3 is 10.4 Å². The Labute approximate surface area is 112 Å². The van der Waals surface area contributed by atoms with Gasteiger partial charge in [-0.2, -0.15) is 0 Å². The van der Waals surface area contributed by atoms with Crippen LogP contribution in [-0.2, 0) is 0 Å². The molecule has 0 amide bonds. The fourth-order valence-corrected chi connectivity index (χ4v) is 2.69. The minimum Gasteiger partial charge on any atom is -0.394 e. The van der Waals surface area contributed by atoms with Crippen molar-refractivity contribution in [2.75, 3.05) is 20.2 Å². The Balaban J connectivity index is 2.03. The standard InChI is InChI=1S/C15H30N2O/c1-5-14(2,3)17(4)10-15(11-18,12-6-7-12)16-13-8-9-13/h12-13,16,18H,5-11H2,1-4H3. The number of hydrogen-bond acceptors (Lipinski definition) is 3. The normalized spacial score (nSPS) is 24.3. The van der Waals surface area contributed by atoms with Crippen LogP contribution in [0.1, 0.15) is 52.9 Å². The number of likely N-dealkylation sites (N-methyl/N-ethyl adjacent to an activating group) is 1. The van der Waals surface area contributed by atoms with Crippen LogP contribution in [0.15, 0.2) is 0 Å². The molecule has 3 nitrogen and oxygen atoms in total. The highest BCUT2D eigenvalue weighted by atomic mass is 16.3. The molecule has 0 aromatic rings. The molecule has 2 aliphatic carbocycles. The highest BCUT2D eigenvalue weighted by Gasteiger charge is 2.48. The number of rotatable bonds is 8. The zero-order chi connectivity index (χ0) is 13.4. The molecule has 2 fully saturated rings. The van der Waals surface area contributed by atoms with E-state index in [1.54, 1.807) is 0 Å². The van der Waals surface area contributed by atoms with Crippen LogP contribution in [0.3, 0.4) is 0 Å². The van der Waals surface area contributed by atoms with E-state index in [0.717, 1.165) is 13.0 Å². The lowest BCUT2D eigenvalue weighted by Gasteiger charge is -2.43. The van der Waals surface area contributed by atoms with Gasteiger partial charge in [-0.05, 0) is 58.9 Å². The molecule has 1 atom stereocenters.